The number of anilines is 5. The highest BCUT2D eigenvalue weighted by Gasteiger charge is 2.30. The topological polar surface area (TPSA) is 121 Å². The molecule has 2 aromatic carbocycles. The van der Waals surface area contributed by atoms with E-state index in [1.807, 2.05) is 51.1 Å². The Kier molecular flexibility index (Phi) is 7.47. The predicted octanol–water partition coefficient (Wildman–Crippen LogP) is 5.85. The van der Waals surface area contributed by atoms with Gasteiger partial charge in [-0.2, -0.15) is 4.98 Å². The third-order valence-electron chi connectivity index (χ3n) is 6.40. The van der Waals surface area contributed by atoms with E-state index >= 15 is 0 Å². The Balaban J connectivity index is 1.31. The van der Waals surface area contributed by atoms with E-state index in [1.54, 1.807) is 11.1 Å². The van der Waals surface area contributed by atoms with E-state index in [4.69, 9.17) is 16.3 Å². The molecule has 0 aliphatic carbocycles. The van der Waals surface area contributed by atoms with E-state index in [2.05, 4.69) is 43.4 Å². The number of likely N-dealkylation sites (tertiary alicyclic amines) is 1. The number of fused-ring (bicyclic) bond motifs is 6. The number of amides is 3. The van der Waals surface area contributed by atoms with Gasteiger partial charge >= 0.3 is 12.1 Å². The van der Waals surface area contributed by atoms with Crippen molar-refractivity contribution < 1.29 is 14.3 Å². The Morgan fingerprint density at radius 2 is 1.92 bits per heavy atom. The fraction of sp³-hybridized carbons (Fsp3) is 0.357. The van der Waals surface area contributed by atoms with Gasteiger partial charge in [0, 0.05) is 36.2 Å². The lowest BCUT2D eigenvalue weighted by Crippen LogP contribution is -2.41. The molecule has 1 saturated heterocycles. The molecule has 39 heavy (non-hydrogen) atoms. The number of hydrogen-bond acceptors (Lipinski definition) is 7. The molecule has 204 valence electrons. The van der Waals surface area contributed by atoms with Gasteiger partial charge in [0.2, 0.25) is 5.95 Å². The average molecular weight is 550 g/mol. The number of nitrogens with one attached hydrogen (secondary N) is 4. The van der Waals surface area contributed by atoms with Gasteiger partial charge in [0.1, 0.15) is 10.6 Å². The molecule has 1 atom stereocenters. The van der Waals surface area contributed by atoms with Gasteiger partial charge in [-0.15, -0.1) is 0 Å². The maximum Gasteiger partial charge on any atom is 0.410 e. The van der Waals surface area contributed by atoms with Gasteiger partial charge < -0.3 is 30.9 Å². The molecule has 0 saturated carbocycles. The van der Waals surface area contributed by atoms with Crippen molar-refractivity contribution >= 4 is 52.6 Å². The van der Waals surface area contributed by atoms with E-state index < -0.39 is 5.60 Å². The van der Waals surface area contributed by atoms with Crippen molar-refractivity contribution in [2.24, 2.45) is 0 Å². The van der Waals surface area contributed by atoms with Crippen molar-refractivity contribution in [3.8, 4) is 0 Å². The molecular formula is C28H32ClN7O3. The molecule has 11 heteroatoms. The number of nitrogens with zero attached hydrogens (tertiary/aromatic N) is 3. The highest BCUT2D eigenvalue weighted by Crippen LogP contribution is 2.29. The summed E-state index contributed by atoms with van der Waals surface area (Å²) >= 11 is 6.36. The predicted molar refractivity (Wildman–Crippen MR) is 152 cm³/mol. The van der Waals surface area contributed by atoms with Crippen molar-refractivity contribution in [1.82, 2.24) is 20.2 Å². The summed E-state index contributed by atoms with van der Waals surface area (Å²) in [5.41, 5.74) is 3.90. The van der Waals surface area contributed by atoms with Gasteiger partial charge in [-0.1, -0.05) is 23.7 Å². The number of rotatable bonds is 2. The van der Waals surface area contributed by atoms with Crippen LogP contribution in [0.15, 0.2) is 48.7 Å². The van der Waals surface area contributed by atoms with Crippen LogP contribution in [0.1, 0.15) is 38.3 Å². The second-order valence-corrected chi connectivity index (χ2v) is 11.1. The zero-order chi connectivity index (χ0) is 27.6. The number of halogens is 1. The second kappa shape index (κ2) is 11.0. The van der Waals surface area contributed by atoms with E-state index in [-0.39, 0.29) is 18.2 Å². The molecule has 1 fully saturated rings. The Morgan fingerprint density at radius 1 is 1.10 bits per heavy atom. The molecule has 2 aliphatic rings. The Hall–Kier alpha value is -4.05. The van der Waals surface area contributed by atoms with Crippen molar-refractivity contribution in [3.63, 3.8) is 0 Å². The molecule has 4 N–H and O–H groups in total. The number of urea groups is 1. The summed E-state index contributed by atoms with van der Waals surface area (Å²) in [7, 11) is 0. The summed E-state index contributed by atoms with van der Waals surface area (Å²) in [6.07, 6.45) is 3.31. The first kappa shape index (κ1) is 26.6. The van der Waals surface area contributed by atoms with Crippen LogP contribution in [-0.4, -0.2) is 51.7 Å². The molecule has 3 heterocycles. The lowest BCUT2D eigenvalue weighted by Gasteiger charge is -2.24. The third-order valence-corrected chi connectivity index (χ3v) is 6.68. The Labute approximate surface area is 232 Å². The summed E-state index contributed by atoms with van der Waals surface area (Å²) in [6.45, 7) is 6.45. The maximum atomic E-state index is 13.0. The van der Waals surface area contributed by atoms with Gasteiger partial charge in [0.25, 0.3) is 0 Å². The van der Waals surface area contributed by atoms with Crippen molar-refractivity contribution in [3.05, 3.63) is 64.8 Å². The molecule has 0 unspecified atom stereocenters. The van der Waals surface area contributed by atoms with Gasteiger partial charge in [-0.3, -0.25) is 0 Å². The largest absolute Gasteiger partial charge is 0.444 e. The van der Waals surface area contributed by atoms with Crippen LogP contribution in [0, 0.1) is 0 Å². The summed E-state index contributed by atoms with van der Waals surface area (Å²) in [4.78, 5) is 35.8. The van der Waals surface area contributed by atoms with Crippen LogP contribution in [0.5, 0.6) is 0 Å². The number of aromatic nitrogens is 2. The molecule has 0 spiro atoms. The van der Waals surface area contributed by atoms with Gasteiger partial charge in [0.05, 0.1) is 6.20 Å². The summed E-state index contributed by atoms with van der Waals surface area (Å²) < 4.78 is 5.45. The Bertz CT molecular complexity index is 1390. The number of hydrogen-bond donors (Lipinski definition) is 4. The fourth-order valence-corrected chi connectivity index (χ4v) is 4.72. The van der Waals surface area contributed by atoms with E-state index in [0.29, 0.717) is 48.4 Å². The van der Waals surface area contributed by atoms with Crippen LogP contribution in [0.2, 0.25) is 5.02 Å². The van der Waals surface area contributed by atoms with Crippen molar-refractivity contribution in [2.45, 2.75) is 51.7 Å². The van der Waals surface area contributed by atoms with E-state index in [1.165, 1.54) is 0 Å². The molecule has 6 bridgehead atoms. The highest BCUT2D eigenvalue weighted by molar-refractivity contribution is 6.32. The minimum Gasteiger partial charge on any atom is -0.444 e. The van der Waals surface area contributed by atoms with Gasteiger partial charge in [0.15, 0.2) is 5.82 Å². The number of benzene rings is 2. The van der Waals surface area contributed by atoms with Gasteiger partial charge in [-0.05, 0) is 81.5 Å². The molecule has 2 aliphatic heterocycles. The molecule has 1 aromatic heterocycles. The first-order valence-corrected chi connectivity index (χ1v) is 13.3. The van der Waals surface area contributed by atoms with E-state index in [0.717, 1.165) is 28.9 Å². The first-order valence-electron chi connectivity index (χ1n) is 13.0. The Morgan fingerprint density at radius 3 is 2.74 bits per heavy atom. The molecule has 3 aromatic rings. The minimum atomic E-state index is -0.561. The monoisotopic (exact) mass is 549 g/mol. The van der Waals surface area contributed by atoms with Crippen LogP contribution in [0.4, 0.5) is 38.4 Å². The quantitative estimate of drug-likeness (QED) is 0.316. The van der Waals surface area contributed by atoms with Crippen LogP contribution < -0.4 is 21.3 Å². The number of carbonyl (C=O) groups excluding carboxylic acids is 2. The zero-order valence-electron chi connectivity index (χ0n) is 22.2. The molecule has 0 radical (unpaired) electrons. The summed E-state index contributed by atoms with van der Waals surface area (Å²) in [5, 5.41) is 12.9. The van der Waals surface area contributed by atoms with Gasteiger partial charge in [-0.25, -0.2) is 14.6 Å². The number of ether oxygens (including phenoxy) is 1. The van der Waals surface area contributed by atoms with Crippen molar-refractivity contribution in [2.75, 3.05) is 29.0 Å². The molecular weight excluding hydrogens is 518 g/mol. The van der Waals surface area contributed by atoms with Crippen LogP contribution in [-0.2, 0) is 17.6 Å². The molecule has 5 rings (SSSR count). The standard InChI is InChI=1S/C28H32ClN7O3/c1-28(2,3)39-27(38)36-12-11-21(16-36)33-26(37)34-23-10-9-20-14-18(23)8-7-17-5-4-6-19(13-17)32-25-30-15-22(29)24(31-20)35-25/h4-6,9-10,13-15,21H,7-8,11-12,16H2,1-3H3,(H2,33,34,37)(H2,30,31,32,35)/t21-/m1/s1. The fourth-order valence-electron chi connectivity index (χ4n) is 4.58. The average Bonchev–Trinajstić information content (AvgIpc) is 3.33. The highest BCUT2D eigenvalue weighted by atomic mass is 35.5. The van der Waals surface area contributed by atoms with Crippen molar-refractivity contribution in [1.29, 1.82) is 0 Å². The normalized spacial score (nSPS) is 16.5. The van der Waals surface area contributed by atoms with Crippen LogP contribution in [0.3, 0.4) is 0 Å². The molecule has 10 nitrogen and oxygen atoms in total. The minimum absolute atomic E-state index is 0.159. The first-order chi connectivity index (χ1) is 18.6. The number of carbonyl (C=O) groups is 2. The lowest BCUT2D eigenvalue weighted by atomic mass is 10.0. The second-order valence-electron chi connectivity index (χ2n) is 10.7. The number of aryl methyl sites for hydroxylation is 2. The summed E-state index contributed by atoms with van der Waals surface area (Å²) in [5.74, 6) is 0.912. The lowest BCUT2D eigenvalue weighted by molar-refractivity contribution is 0.0291. The smallest absolute Gasteiger partial charge is 0.410 e. The van der Waals surface area contributed by atoms with Crippen LogP contribution >= 0.6 is 11.6 Å². The zero-order valence-corrected chi connectivity index (χ0v) is 22.9. The summed E-state index contributed by atoms with van der Waals surface area (Å²) in [6, 6.07) is 13.3. The van der Waals surface area contributed by atoms with Crippen LogP contribution in [0.25, 0.3) is 0 Å². The SMILES string of the molecule is CC(C)(C)OC(=O)N1CC[C@@H](NC(=O)Nc2ccc3cc2CCc2cccc(c2)Nc2ncc(Cl)c(n2)N3)C1. The maximum absolute atomic E-state index is 13.0. The third kappa shape index (κ3) is 6.88. The van der Waals surface area contributed by atoms with E-state index in [9.17, 15) is 9.59 Å². The molecule has 3 amide bonds.